The smallest absolute Gasteiger partial charge is 0.319 e. The third-order valence-corrected chi connectivity index (χ3v) is 4.21. The molecule has 1 aliphatic rings. The van der Waals surface area contributed by atoms with E-state index in [1.54, 1.807) is 32.4 Å². The highest BCUT2D eigenvalue weighted by Crippen LogP contribution is 2.17. The van der Waals surface area contributed by atoms with Crippen LogP contribution in [0, 0.1) is 6.92 Å². The van der Waals surface area contributed by atoms with E-state index in [0.717, 1.165) is 24.3 Å². The molecule has 3 heterocycles. The molecule has 1 fully saturated rings. The van der Waals surface area contributed by atoms with E-state index < -0.39 is 0 Å². The summed E-state index contributed by atoms with van der Waals surface area (Å²) in [5.74, 6) is 0.912. The number of carbonyl (C=O) groups excluding carboxylic acids is 1. The van der Waals surface area contributed by atoms with Crippen molar-refractivity contribution in [3.8, 4) is 0 Å². The van der Waals surface area contributed by atoms with Crippen LogP contribution in [0.5, 0.6) is 0 Å². The van der Waals surface area contributed by atoms with Gasteiger partial charge in [-0.05, 0) is 37.1 Å². The first-order chi connectivity index (χ1) is 11.5. The van der Waals surface area contributed by atoms with Gasteiger partial charge in [-0.25, -0.2) is 9.78 Å². The minimum absolute atomic E-state index is 0.0277. The average molecular weight is 327 g/mol. The Kier molecular flexibility index (Phi) is 4.50. The maximum atomic E-state index is 12.2. The summed E-state index contributed by atoms with van der Waals surface area (Å²) in [6.07, 6.45) is 4.29. The molecule has 1 atom stereocenters. The van der Waals surface area contributed by atoms with Crippen LogP contribution in [0.1, 0.15) is 12.0 Å². The van der Waals surface area contributed by atoms with Crippen LogP contribution in [0.2, 0.25) is 0 Å². The molecule has 2 aromatic heterocycles. The molecular formula is C17H21N5O2. The summed E-state index contributed by atoms with van der Waals surface area (Å²) >= 11 is 0. The quantitative estimate of drug-likeness (QED) is 0.895. The Morgan fingerprint density at radius 2 is 2.17 bits per heavy atom. The minimum Gasteiger partial charge on any atom is -0.354 e. The van der Waals surface area contributed by atoms with Crippen LogP contribution in [0.25, 0.3) is 0 Å². The third kappa shape index (κ3) is 3.40. The van der Waals surface area contributed by atoms with Crippen LogP contribution in [-0.4, -0.2) is 34.7 Å². The molecule has 0 bridgehead atoms. The van der Waals surface area contributed by atoms with Gasteiger partial charge in [0.1, 0.15) is 11.5 Å². The topological polar surface area (TPSA) is 79.3 Å². The van der Waals surface area contributed by atoms with Crippen LogP contribution >= 0.6 is 0 Å². The van der Waals surface area contributed by atoms with Crippen LogP contribution < -0.4 is 21.1 Å². The molecule has 2 amide bonds. The average Bonchev–Trinajstić information content (AvgIpc) is 3.04. The molecule has 0 unspecified atom stereocenters. The van der Waals surface area contributed by atoms with Crippen molar-refractivity contribution < 1.29 is 4.79 Å². The number of nitrogens with zero attached hydrogens (tertiary/aromatic N) is 3. The number of rotatable bonds is 3. The van der Waals surface area contributed by atoms with Gasteiger partial charge in [0.15, 0.2) is 0 Å². The third-order valence-electron chi connectivity index (χ3n) is 4.21. The number of nitrogens with one attached hydrogen (secondary N) is 2. The summed E-state index contributed by atoms with van der Waals surface area (Å²) in [4.78, 5) is 30.8. The van der Waals surface area contributed by atoms with Gasteiger partial charge in [0.2, 0.25) is 0 Å². The highest BCUT2D eigenvalue weighted by molar-refractivity contribution is 5.90. The van der Waals surface area contributed by atoms with E-state index in [2.05, 4.69) is 20.5 Å². The molecule has 7 heteroatoms. The predicted octanol–water partition coefficient (Wildman–Crippen LogP) is 1.49. The van der Waals surface area contributed by atoms with Crippen molar-refractivity contribution >= 4 is 17.5 Å². The molecule has 2 N–H and O–H groups in total. The normalized spacial score (nSPS) is 16.9. The predicted molar refractivity (Wildman–Crippen MR) is 93.4 cm³/mol. The SMILES string of the molecule is Cc1ccn(C)c(=O)c1NC(=O)N[C@@H]1CCN(c2ccccn2)C1. The van der Waals surface area contributed by atoms with Gasteiger partial charge in [0.25, 0.3) is 5.56 Å². The summed E-state index contributed by atoms with van der Waals surface area (Å²) in [7, 11) is 1.66. The highest BCUT2D eigenvalue weighted by atomic mass is 16.2. The number of carbonyl (C=O) groups is 1. The maximum absolute atomic E-state index is 12.2. The summed E-state index contributed by atoms with van der Waals surface area (Å²) in [6, 6.07) is 7.26. The van der Waals surface area contributed by atoms with Crippen molar-refractivity contribution in [3.63, 3.8) is 0 Å². The number of pyridine rings is 2. The second-order valence-corrected chi connectivity index (χ2v) is 6.01. The molecule has 3 rings (SSSR count). The molecule has 0 aliphatic carbocycles. The molecule has 1 aliphatic heterocycles. The Labute approximate surface area is 140 Å². The summed E-state index contributed by atoms with van der Waals surface area (Å²) < 4.78 is 1.45. The lowest BCUT2D eigenvalue weighted by Gasteiger charge is -2.18. The van der Waals surface area contributed by atoms with Gasteiger partial charge >= 0.3 is 6.03 Å². The first kappa shape index (κ1) is 16.0. The molecular weight excluding hydrogens is 306 g/mol. The maximum Gasteiger partial charge on any atom is 0.319 e. The van der Waals surface area contributed by atoms with Gasteiger partial charge in [-0.15, -0.1) is 0 Å². The molecule has 126 valence electrons. The highest BCUT2D eigenvalue weighted by Gasteiger charge is 2.25. The fourth-order valence-corrected chi connectivity index (χ4v) is 2.83. The molecule has 7 nitrogen and oxygen atoms in total. The Morgan fingerprint density at radius 3 is 2.92 bits per heavy atom. The first-order valence-corrected chi connectivity index (χ1v) is 7.94. The van der Waals surface area contributed by atoms with Crippen LogP contribution in [0.15, 0.2) is 41.5 Å². The zero-order valence-corrected chi connectivity index (χ0v) is 13.8. The second kappa shape index (κ2) is 6.74. The molecule has 0 saturated carbocycles. The zero-order valence-electron chi connectivity index (χ0n) is 13.8. The van der Waals surface area contributed by atoms with Gasteiger partial charge in [0, 0.05) is 38.6 Å². The van der Waals surface area contributed by atoms with E-state index in [1.165, 1.54) is 4.57 Å². The number of amides is 2. The van der Waals surface area contributed by atoms with Crippen molar-refractivity contribution in [1.82, 2.24) is 14.9 Å². The van der Waals surface area contributed by atoms with E-state index in [9.17, 15) is 9.59 Å². The zero-order chi connectivity index (χ0) is 17.1. The summed E-state index contributed by atoms with van der Waals surface area (Å²) in [5.41, 5.74) is 0.846. The minimum atomic E-state index is -0.353. The van der Waals surface area contributed by atoms with Crippen LogP contribution in [0.4, 0.5) is 16.3 Å². The van der Waals surface area contributed by atoms with Crippen molar-refractivity contribution in [2.24, 2.45) is 7.05 Å². The van der Waals surface area contributed by atoms with E-state index in [0.29, 0.717) is 12.2 Å². The Bertz CT molecular complexity index is 787. The lowest BCUT2D eigenvalue weighted by atomic mass is 10.2. The Morgan fingerprint density at radius 1 is 1.33 bits per heavy atom. The number of hydrogen-bond donors (Lipinski definition) is 2. The van der Waals surface area contributed by atoms with Gasteiger partial charge in [-0.2, -0.15) is 0 Å². The molecule has 24 heavy (non-hydrogen) atoms. The number of anilines is 2. The van der Waals surface area contributed by atoms with E-state index in [1.807, 2.05) is 18.2 Å². The first-order valence-electron chi connectivity index (χ1n) is 7.94. The largest absolute Gasteiger partial charge is 0.354 e. The lowest BCUT2D eigenvalue weighted by Crippen LogP contribution is -2.41. The number of aromatic nitrogens is 2. The Hall–Kier alpha value is -2.83. The standard InChI is InChI=1S/C17H21N5O2/c1-12-6-9-21(2)16(23)15(12)20-17(24)19-13-7-10-22(11-13)14-5-3-4-8-18-14/h3-6,8-9,13H,7,10-11H2,1-2H3,(H2,19,20,24)/t13-/m1/s1. The van der Waals surface area contributed by atoms with Gasteiger partial charge in [-0.3, -0.25) is 4.79 Å². The number of urea groups is 1. The van der Waals surface area contributed by atoms with Crippen molar-refractivity contribution in [2.75, 3.05) is 23.3 Å². The molecule has 0 radical (unpaired) electrons. The fourth-order valence-electron chi connectivity index (χ4n) is 2.83. The molecule has 1 saturated heterocycles. The molecule has 0 aromatic carbocycles. The van der Waals surface area contributed by atoms with E-state index in [4.69, 9.17) is 0 Å². The van der Waals surface area contributed by atoms with E-state index in [-0.39, 0.29) is 17.6 Å². The van der Waals surface area contributed by atoms with Crippen LogP contribution in [-0.2, 0) is 7.05 Å². The van der Waals surface area contributed by atoms with E-state index >= 15 is 0 Å². The number of aryl methyl sites for hydroxylation is 2. The van der Waals surface area contributed by atoms with Crippen molar-refractivity contribution in [2.45, 2.75) is 19.4 Å². The summed E-state index contributed by atoms with van der Waals surface area (Å²) in [5, 5.41) is 5.62. The second-order valence-electron chi connectivity index (χ2n) is 6.01. The monoisotopic (exact) mass is 327 g/mol. The van der Waals surface area contributed by atoms with Crippen molar-refractivity contribution in [1.29, 1.82) is 0 Å². The van der Waals surface area contributed by atoms with Crippen molar-refractivity contribution in [3.05, 3.63) is 52.6 Å². The summed E-state index contributed by atoms with van der Waals surface area (Å²) in [6.45, 7) is 3.35. The number of hydrogen-bond acceptors (Lipinski definition) is 4. The molecule has 2 aromatic rings. The lowest BCUT2D eigenvalue weighted by molar-refractivity contribution is 0.249. The van der Waals surface area contributed by atoms with Crippen LogP contribution in [0.3, 0.4) is 0 Å². The van der Waals surface area contributed by atoms with Gasteiger partial charge in [-0.1, -0.05) is 6.07 Å². The molecule has 0 spiro atoms. The fraction of sp³-hybridized carbons (Fsp3) is 0.353. The van der Waals surface area contributed by atoms with Gasteiger partial charge in [0.05, 0.1) is 0 Å². The van der Waals surface area contributed by atoms with Gasteiger partial charge < -0.3 is 20.1 Å². The Balaban J connectivity index is 1.61.